The predicted molar refractivity (Wildman–Crippen MR) is 75.3 cm³/mol. The minimum atomic E-state index is -1.83. The van der Waals surface area contributed by atoms with Crippen molar-refractivity contribution in [1.82, 2.24) is 0 Å². The Kier molecular flexibility index (Phi) is 3.29. The molecule has 80 valence electrons. The average Bonchev–Trinajstić information content (AvgIpc) is 2.69. The molecule has 0 amide bonds. The quantitative estimate of drug-likeness (QED) is 0.712. The van der Waals surface area contributed by atoms with Crippen LogP contribution >= 0.6 is 22.7 Å². The molecule has 0 aliphatic heterocycles. The van der Waals surface area contributed by atoms with Gasteiger partial charge in [0.1, 0.15) is 0 Å². The van der Waals surface area contributed by atoms with E-state index in [0.29, 0.717) is 0 Å². The molecule has 0 unspecified atom stereocenters. The van der Waals surface area contributed by atoms with Gasteiger partial charge in [0, 0.05) is 0 Å². The second-order valence-corrected chi connectivity index (χ2v) is 21.6. The maximum absolute atomic E-state index is 2.47. The minimum absolute atomic E-state index is 1.40. The van der Waals surface area contributed by atoms with Gasteiger partial charge >= 0.3 is 105 Å². The topological polar surface area (TPSA) is 0 Å². The fourth-order valence-electron chi connectivity index (χ4n) is 1.43. The molecule has 0 bridgehead atoms. The van der Waals surface area contributed by atoms with Crippen LogP contribution in [-0.4, -0.2) is 18.4 Å². The SMILES string of the molecule is Cc1ccc(-c2c[c]([Sn]([CH3])([CH3])[CH3])cs2)s1. The monoisotopic (exact) mass is 344 g/mol. The summed E-state index contributed by atoms with van der Waals surface area (Å²) in [6.45, 7) is 2.17. The van der Waals surface area contributed by atoms with Crippen molar-refractivity contribution in [2.45, 2.75) is 21.7 Å². The fraction of sp³-hybridized carbons (Fsp3) is 0.333. The molecule has 2 aromatic heterocycles. The summed E-state index contributed by atoms with van der Waals surface area (Å²) >= 11 is 1.97. The molecule has 2 heterocycles. The van der Waals surface area contributed by atoms with E-state index in [-0.39, 0.29) is 0 Å². The van der Waals surface area contributed by atoms with Crippen molar-refractivity contribution in [3.05, 3.63) is 28.5 Å². The first-order chi connectivity index (χ1) is 6.97. The number of thiophene rings is 2. The Morgan fingerprint density at radius 1 is 1.07 bits per heavy atom. The third-order valence-electron chi connectivity index (χ3n) is 2.45. The number of hydrogen-bond acceptors (Lipinski definition) is 2. The van der Waals surface area contributed by atoms with Crippen LogP contribution in [0.4, 0.5) is 0 Å². The molecule has 3 heteroatoms. The Bertz CT molecular complexity index is 460. The van der Waals surface area contributed by atoms with E-state index >= 15 is 0 Å². The zero-order valence-corrected chi connectivity index (χ0v) is 14.1. The molecule has 0 atom stereocenters. The van der Waals surface area contributed by atoms with Gasteiger partial charge in [-0.05, 0) is 0 Å². The third kappa shape index (κ3) is 2.66. The fourth-order valence-corrected chi connectivity index (χ4v) is 9.01. The first-order valence-electron chi connectivity index (χ1n) is 5.12. The van der Waals surface area contributed by atoms with Crippen LogP contribution in [0.15, 0.2) is 23.6 Å². The van der Waals surface area contributed by atoms with Gasteiger partial charge in [-0.25, -0.2) is 0 Å². The van der Waals surface area contributed by atoms with Crippen molar-refractivity contribution in [2.75, 3.05) is 0 Å². The van der Waals surface area contributed by atoms with Crippen LogP contribution in [0.3, 0.4) is 0 Å². The van der Waals surface area contributed by atoms with E-state index < -0.39 is 18.4 Å². The first kappa shape index (κ1) is 11.7. The Hall–Kier alpha value is 0.199. The molecule has 0 aliphatic rings. The van der Waals surface area contributed by atoms with Gasteiger partial charge in [0.25, 0.3) is 0 Å². The van der Waals surface area contributed by atoms with Crippen LogP contribution < -0.4 is 3.58 Å². The van der Waals surface area contributed by atoms with Crippen molar-refractivity contribution in [3.63, 3.8) is 0 Å². The van der Waals surface area contributed by atoms with Crippen LogP contribution in [0, 0.1) is 6.92 Å². The second-order valence-electron chi connectivity index (χ2n) is 4.86. The molecule has 2 rings (SSSR count). The van der Waals surface area contributed by atoms with E-state index in [1.807, 2.05) is 22.7 Å². The molecule has 2 aromatic rings. The zero-order chi connectivity index (χ0) is 11.1. The van der Waals surface area contributed by atoms with Crippen molar-refractivity contribution >= 4 is 44.6 Å². The van der Waals surface area contributed by atoms with E-state index in [0.717, 1.165) is 0 Å². The van der Waals surface area contributed by atoms with Gasteiger partial charge < -0.3 is 0 Å². The molecule has 0 nitrogen and oxygen atoms in total. The summed E-state index contributed by atoms with van der Waals surface area (Å²) in [7, 11) is 0. The summed E-state index contributed by atoms with van der Waals surface area (Å²) in [5.41, 5.74) is 0. The summed E-state index contributed by atoms with van der Waals surface area (Å²) < 4.78 is 1.65. The first-order valence-corrected chi connectivity index (χ1v) is 16.8. The van der Waals surface area contributed by atoms with Crippen LogP contribution in [0.5, 0.6) is 0 Å². The predicted octanol–water partition coefficient (Wildman–Crippen LogP) is 4.33. The third-order valence-corrected chi connectivity index (χ3v) is 10.9. The zero-order valence-electron chi connectivity index (χ0n) is 9.63. The summed E-state index contributed by atoms with van der Waals surface area (Å²) in [6, 6.07) is 6.87. The number of aryl methyl sites for hydroxylation is 1. The Balaban J connectivity index is 2.36. The standard InChI is InChI=1S/C9H7S2.3CH3.Sn/c1-7-4-5-9(11-7)8-3-2-6-10-8;;;;/h3-6H,1H3;3*1H3;. The summed E-state index contributed by atoms with van der Waals surface area (Å²) in [6.07, 6.45) is 0. The van der Waals surface area contributed by atoms with Crippen molar-refractivity contribution < 1.29 is 0 Å². The van der Waals surface area contributed by atoms with Gasteiger partial charge in [0.15, 0.2) is 0 Å². The molecule has 0 saturated carbocycles. The molecule has 0 N–H and O–H groups in total. The molecule has 0 aliphatic carbocycles. The van der Waals surface area contributed by atoms with Gasteiger partial charge in [0.05, 0.1) is 0 Å². The Morgan fingerprint density at radius 3 is 2.27 bits per heavy atom. The van der Waals surface area contributed by atoms with Crippen molar-refractivity contribution in [2.24, 2.45) is 0 Å². The van der Waals surface area contributed by atoms with Gasteiger partial charge in [-0.1, -0.05) is 0 Å². The number of rotatable bonds is 2. The maximum atomic E-state index is 2.47. The van der Waals surface area contributed by atoms with E-state index in [1.54, 1.807) is 3.58 Å². The van der Waals surface area contributed by atoms with Crippen molar-refractivity contribution in [1.29, 1.82) is 0 Å². The number of hydrogen-bond donors (Lipinski definition) is 0. The molecule has 0 radical (unpaired) electrons. The molecule has 0 spiro atoms. The molecule has 15 heavy (non-hydrogen) atoms. The van der Waals surface area contributed by atoms with E-state index in [9.17, 15) is 0 Å². The van der Waals surface area contributed by atoms with Crippen molar-refractivity contribution in [3.8, 4) is 9.75 Å². The van der Waals surface area contributed by atoms with Gasteiger partial charge in [0.2, 0.25) is 0 Å². The molecular weight excluding hydrogens is 327 g/mol. The average molecular weight is 343 g/mol. The van der Waals surface area contributed by atoms with E-state index in [1.165, 1.54) is 14.6 Å². The molecule has 0 fully saturated rings. The summed E-state index contributed by atoms with van der Waals surface area (Å²) in [5.74, 6) is 0. The van der Waals surface area contributed by atoms with Crippen LogP contribution in [0.2, 0.25) is 14.8 Å². The Labute approximate surface area is 104 Å². The summed E-state index contributed by atoms with van der Waals surface area (Å²) in [4.78, 5) is 11.7. The van der Waals surface area contributed by atoms with E-state index in [2.05, 4.69) is 45.3 Å². The van der Waals surface area contributed by atoms with Crippen LogP contribution in [0.25, 0.3) is 9.75 Å². The summed E-state index contributed by atoms with van der Waals surface area (Å²) in [5, 5.41) is 2.38. The van der Waals surface area contributed by atoms with Gasteiger partial charge in [-0.2, -0.15) is 0 Å². The van der Waals surface area contributed by atoms with Gasteiger partial charge in [-0.15, -0.1) is 0 Å². The molecule has 0 aromatic carbocycles. The van der Waals surface area contributed by atoms with E-state index in [4.69, 9.17) is 0 Å². The molecular formula is C12H16S2Sn. The van der Waals surface area contributed by atoms with Gasteiger partial charge in [-0.3, -0.25) is 0 Å². The second kappa shape index (κ2) is 4.22. The van der Waals surface area contributed by atoms with Crippen LogP contribution in [0.1, 0.15) is 4.88 Å². The Morgan fingerprint density at radius 2 is 1.80 bits per heavy atom. The molecule has 0 saturated heterocycles. The normalized spacial score (nSPS) is 12.0. The van der Waals surface area contributed by atoms with Crippen LogP contribution in [-0.2, 0) is 0 Å².